The van der Waals surface area contributed by atoms with Crippen molar-refractivity contribution >= 4 is 11.9 Å². The third-order valence-corrected chi connectivity index (χ3v) is 6.06. The molecule has 24 heavy (non-hydrogen) atoms. The molecule has 128 valence electrons. The van der Waals surface area contributed by atoms with Crippen molar-refractivity contribution in [2.24, 2.45) is 17.8 Å². The minimum Gasteiger partial charge on any atom is -0.481 e. The van der Waals surface area contributed by atoms with E-state index in [1.807, 2.05) is 12.2 Å². The molecule has 0 saturated carbocycles. The zero-order chi connectivity index (χ0) is 17.1. The van der Waals surface area contributed by atoms with Gasteiger partial charge in [-0.3, -0.25) is 9.59 Å². The molecule has 5 atom stereocenters. The van der Waals surface area contributed by atoms with Gasteiger partial charge in [0.2, 0.25) is 5.91 Å². The Hall–Kier alpha value is -1.88. The van der Waals surface area contributed by atoms with E-state index < -0.39 is 29.5 Å². The van der Waals surface area contributed by atoms with E-state index in [2.05, 4.69) is 19.6 Å². The largest absolute Gasteiger partial charge is 0.481 e. The van der Waals surface area contributed by atoms with Crippen molar-refractivity contribution < 1.29 is 19.4 Å². The summed E-state index contributed by atoms with van der Waals surface area (Å²) >= 11 is 0. The molecule has 0 aromatic heterocycles. The quantitative estimate of drug-likeness (QED) is 0.803. The molecule has 5 nitrogen and oxygen atoms in total. The first-order chi connectivity index (χ1) is 11.4. The molecule has 1 spiro atoms. The van der Waals surface area contributed by atoms with Crippen molar-refractivity contribution in [1.29, 1.82) is 0 Å². The second kappa shape index (κ2) is 5.31. The maximum Gasteiger partial charge on any atom is 0.310 e. The number of likely N-dealkylation sites (tertiary alicyclic amines) is 1. The highest BCUT2D eigenvalue weighted by Gasteiger charge is 2.67. The maximum atomic E-state index is 12.8. The lowest BCUT2D eigenvalue weighted by atomic mass is 9.77. The Kier molecular flexibility index (Phi) is 3.46. The summed E-state index contributed by atoms with van der Waals surface area (Å²) in [6.45, 7) is 7.16. The summed E-state index contributed by atoms with van der Waals surface area (Å²) in [5.41, 5.74) is 1.76. The summed E-state index contributed by atoms with van der Waals surface area (Å²) in [5.74, 6) is -1.79. The first kappa shape index (κ1) is 15.6. The van der Waals surface area contributed by atoms with Gasteiger partial charge in [0.05, 0.1) is 18.6 Å². The predicted octanol–water partition coefficient (Wildman–Crippen LogP) is 2.16. The van der Waals surface area contributed by atoms with Crippen LogP contribution in [-0.2, 0) is 14.3 Å². The van der Waals surface area contributed by atoms with Gasteiger partial charge in [0.1, 0.15) is 11.5 Å². The van der Waals surface area contributed by atoms with Gasteiger partial charge in [0.15, 0.2) is 0 Å². The summed E-state index contributed by atoms with van der Waals surface area (Å²) in [6, 6.07) is 0. The van der Waals surface area contributed by atoms with Crippen LogP contribution in [0.15, 0.2) is 36.0 Å². The average molecular weight is 329 g/mol. The Morgan fingerprint density at radius 2 is 2.33 bits per heavy atom. The van der Waals surface area contributed by atoms with Crippen LogP contribution in [0, 0.1) is 17.8 Å². The van der Waals surface area contributed by atoms with E-state index in [-0.39, 0.29) is 5.91 Å². The molecule has 2 fully saturated rings. The zero-order valence-electron chi connectivity index (χ0n) is 13.9. The van der Waals surface area contributed by atoms with Gasteiger partial charge in [-0.1, -0.05) is 36.0 Å². The number of rotatable bonds is 4. The first-order valence-corrected chi connectivity index (χ1v) is 8.63. The number of aliphatic carboxylic acids is 1. The molecular weight excluding hydrogens is 306 g/mol. The Labute approximate surface area is 141 Å². The van der Waals surface area contributed by atoms with E-state index >= 15 is 0 Å². The molecule has 1 N–H and O–H groups in total. The SMILES string of the molecule is C=C(C)[C@@H]1CC=C(CN2C[C@]34C=C[C@H](O3)[C@@H](C(=O)O)[C@@H]4C2=O)CC1. The van der Waals surface area contributed by atoms with Crippen LogP contribution in [0.2, 0.25) is 0 Å². The molecule has 3 heterocycles. The number of carbonyl (C=O) groups excluding carboxylic acids is 1. The number of carboxylic acids is 1. The second-order valence-electron chi connectivity index (χ2n) is 7.61. The van der Waals surface area contributed by atoms with E-state index in [9.17, 15) is 14.7 Å². The molecule has 0 unspecified atom stereocenters. The Morgan fingerprint density at radius 3 is 2.96 bits per heavy atom. The van der Waals surface area contributed by atoms with Crippen molar-refractivity contribution in [3.05, 3.63) is 36.0 Å². The van der Waals surface area contributed by atoms with Gasteiger partial charge < -0.3 is 14.7 Å². The molecule has 0 radical (unpaired) electrons. The number of amides is 1. The standard InChI is InChI=1S/C19H23NO4/c1-11(2)13-5-3-12(4-6-13)9-20-10-19-8-7-14(24-19)15(18(22)23)16(19)17(20)21/h3,7-8,13-16H,1,4-6,9-10H2,2H3,(H,22,23)/t13-,14+,15-,16-,19+/m1/s1. The summed E-state index contributed by atoms with van der Waals surface area (Å²) in [5, 5.41) is 9.48. The minimum atomic E-state index is -0.937. The van der Waals surface area contributed by atoms with Crippen LogP contribution in [0.5, 0.6) is 0 Å². The van der Waals surface area contributed by atoms with Crippen molar-refractivity contribution in [1.82, 2.24) is 4.90 Å². The van der Waals surface area contributed by atoms with Gasteiger partial charge in [-0.05, 0) is 32.1 Å². The van der Waals surface area contributed by atoms with Crippen LogP contribution < -0.4 is 0 Å². The highest BCUT2D eigenvalue weighted by atomic mass is 16.5. The minimum absolute atomic E-state index is 0.0721. The first-order valence-electron chi connectivity index (χ1n) is 8.63. The highest BCUT2D eigenvalue weighted by molar-refractivity contribution is 5.90. The fraction of sp³-hybridized carbons (Fsp3) is 0.579. The topological polar surface area (TPSA) is 66.8 Å². The highest BCUT2D eigenvalue weighted by Crippen LogP contribution is 2.52. The number of allylic oxidation sites excluding steroid dienone is 2. The number of hydrogen-bond acceptors (Lipinski definition) is 3. The van der Waals surface area contributed by atoms with Gasteiger partial charge >= 0.3 is 5.97 Å². The van der Waals surface area contributed by atoms with Crippen LogP contribution in [0.1, 0.15) is 26.2 Å². The van der Waals surface area contributed by atoms with Crippen LogP contribution in [0.3, 0.4) is 0 Å². The zero-order valence-corrected chi connectivity index (χ0v) is 13.9. The number of nitrogens with zero attached hydrogens (tertiary/aromatic N) is 1. The van der Waals surface area contributed by atoms with Crippen LogP contribution in [0.4, 0.5) is 0 Å². The second-order valence-corrected chi connectivity index (χ2v) is 7.61. The van der Waals surface area contributed by atoms with Crippen LogP contribution in [-0.4, -0.2) is 46.7 Å². The lowest BCUT2D eigenvalue weighted by Crippen LogP contribution is -2.39. The van der Waals surface area contributed by atoms with E-state index in [4.69, 9.17) is 4.74 Å². The van der Waals surface area contributed by atoms with Crippen molar-refractivity contribution in [3.63, 3.8) is 0 Å². The monoisotopic (exact) mass is 329 g/mol. The molecule has 4 aliphatic rings. The Morgan fingerprint density at radius 1 is 1.54 bits per heavy atom. The predicted molar refractivity (Wildman–Crippen MR) is 88.2 cm³/mol. The van der Waals surface area contributed by atoms with Gasteiger partial charge in [0.25, 0.3) is 0 Å². The summed E-state index contributed by atoms with van der Waals surface area (Å²) in [7, 11) is 0. The molecule has 5 heteroatoms. The average Bonchev–Trinajstić information content (AvgIpc) is 3.16. The molecule has 0 aromatic carbocycles. The maximum absolute atomic E-state index is 12.8. The number of ether oxygens (including phenoxy) is 1. The Balaban J connectivity index is 1.50. The molecular formula is C19H23NO4. The number of fused-ring (bicyclic) bond motifs is 1. The Bertz CT molecular complexity index is 679. The summed E-state index contributed by atoms with van der Waals surface area (Å²) in [4.78, 5) is 26.2. The molecule has 4 rings (SSSR count). The van der Waals surface area contributed by atoms with Gasteiger partial charge in [-0.15, -0.1) is 0 Å². The molecule has 0 aromatic rings. The number of hydrogen-bond donors (Lipinski definition) is 1. The van der Waals surface area contributed by atoms with Crippen LogP contribution in [0.25, 0.3) is 0 Å². The molecule has 1 aliphatic carbocycles. The number of carboxylic acid groups (broad SMARTS) is 1. The van der Waals surface area contributed by atoms with Gasteiger partial charge in [-0.2, -0.15) is 0 Å². The van der Waals surface area contributed by atoms with Crippen LogP contribution >= 0.6 is 0 Å². The van der Waals surface area contributed by atoms with Gasteiger partial charge in [0, 0.05) is 6.54 Å². The summed E-state index contributed by atoms with van der Waals surface area (Å²) in [6.07, 6.45) is 8.52. The van der Waals surface area contributed by atoms with E-state index in [0.717, 1.165) is 19.3 Å². The fourth-order valence-corrected chi connectivity index (χ4v) is 4.72. The summed E-state index contributed by atoms with van der Waals surface area (Å²) < 4.78 is 5.91. The lowest BCUT2D eigenvalue weighted by molar-refractivity contribution is -0.148. The van der Waals surface area contributed by atoms with Crippen molar-refractivity contribution in [2.75, 3.05) is 13.1 Å². The van der Waals surface area contributed by atoms with E-state index in [0.29, 0.717) is 19.0 Å². The van der Waals surface area contributed by atoms with Crippen molar-refractivity contribution in [2.45, 2.75) is 37.9 Å². The van der Waals surface area contributed by atoms with Crippen molar-refractivity contribution in [3.8, 4) is 0 Å². The smallest absolute Gasteiger partial charge is 0.310 e. The third-order valence-electron chi connectivity index (χ3n) is 6.06. The van der Waals surface area contributed by atoms with E-state index in [1.54, 1.807) is 4.90 Å². The molecule has 1 amide bonds. The molecule has 3 aliphatic heterocycles. The molecule has 2 saturated heterocycles. The number of carbonyl (C=O) groups is 2. The van der Waals surface area contributed by atoms with Gasteiger partial charge in [-0.25, -0.2) is 0 Å². The molecule has 2 bridgehead atoms. The third kappa shape index (κ3) is 2.18. The normalized spacial score (nSPS) is 40.0. The lowest BCUT2D eigenvalue weighted by Gasteiger charge is -2.26. The fourth-order valence-electron chi connectivity index (χ4n) is 4.72. The van der Waals surface area contributed by atoms with E-state index in [1.165, 1.54) is 11.1 Å².